The third-order valence-corrected chi connectivity index (χ3v) is 4.43. The molecule has 0 aliphatic heterocycles. The van der Waals surface area contributed by atoms with Crippen molar-refractivity contribution in [1.82, 2.24) is 24.7 Å². The Bertz CT molecular complexity index is 892. The van der Waals surface area contributed by atoms with Crippen LogP contribution < -0.4 is 4.74 Å². The first-order valence-electron chi connectivity index (χ1n) is 7.48. The van der Waals surface area contributed by atoms with Crippen LogP contribution >= 0.6 is 23.4 Å². The molecular formula is C17H16ClN5OS. The number of benzene rings is 1. The number of allylic oxidation sites excluding steroid dienone is 1. The van der Waals surface area contributed by atoms with Crippen LogP contribution in [0.3, 0.4) is 0 Å². The predicted molar refractivity (Wildman–Crippen MR) is 98.1 cm³/mol. The first-order chi connectivity index (χ1) is 12.1. The second-order valence-electron chi connectivity index (χ2n) is 5.12. The largest absolute Gasteiger partial charge is 0.497 e. The number of ether oxygens (including phenoxy) is 1. The lowest BCUT2D eigenvalue weighted by atomic mass is 10.2. The fourth-order valence-corrected chi connectivity index (χ4v) is 3.46. The van der Waals surface area contributed by atoms with Crippen LogP contribution in [0.2, 0.25) is 5.15 Å². The van der Waals surface area contributed by atoms with Gasteiger partial charge in [-0.25, -0.2) is 9.97 Å². The van der Waals surface area contributed by atoms with Crippen LogP contribution in [0.1, 0.15) is 5.82 Å². The quantitative estimate of drug-likeness (QED) is 0.480. The van der Waals surface area contributed by atoms with Gasteiger partial charge in [0.2, 0.25) is 0 Å². The van der Waals surface area contributed by atoms with E-state index in [0.717, 1.165) is 17.1 Å². The highest BCUT2D eigenvalue weighted by atomic mass is 35.5. The molecule has 0 spiro atoms. The zero-order chi connectivity index (χ0) is 17.8. The molecule has 2 heterocycles. The number of aryl methyl sites for hydroxylation is 1. The molecule has 0 unspecified atom stereocenters. The maximum absolute atomic E-state index is 6.01. The molecule has 0 aliphatic rings. The van der Waals surface area contributed by atoms with Crippen molar-refractivity contribution in [1.29, 1.82) is 0 Å². The van der Waals surface area contributed by atoms with Gasteiger partial charge in [0.1, 0.15) is 21.8 Å². The lowest BCUT2D eigenvalue weighted by molar-refractivity contribution is 0.415. The summed E-state index contributed by atoms with van der Waals surface area (Å²) in [6.45, 7) is 6.19. The molecule has 0 fully saturated rings. The molecule has 0 amide bonds. The Hall–Kier alpha value is -2.38. The average molecular weight is 374 g/mol. The lowest BCUT2D eigenvalue weighted by Crippen LogP contribution is -2.01. The van der Waals surface area contributed by atoms with E-state index in [2.05, 4.69) is 26.7 Å². The predicted octanol–water partition coefficient (Wildman–Crippen LogP) is 4.04. The molecule has 0 atom stereocenters. The fraction of sp³-hybridized carbons (Fsp3) is 0.176. The van der Waals surface area contributed by atoms with Gasteiger partial charge in [-0.3, -0.25) is 4.57 Å². The van der Waals surface area contributed by atoms with Crippen LogP contribution in [0.5, 0.6) is 5.75 Å². The molecule has 0 aliphatic carbocycles. The van der Waals surface area contributed by atoms with Crippen LogP contribution in [-0.4, -0.2) is 31.8 Å². The number of halogens is 1. The third-order valence-electron chi connectivity index (χ3n) is 3.34. The molecule has 0 radical (unpaired) electrons. The molecule has 0 N–H and O–H groups in total. The van der Waals surface area contributed by atoms with E-state index in [4.69, 9.17) is 16.3 Å². The molecular weight excluding hydrogens is 358 g/mol. The Morgan fingerprint density at radius 1 is 1.28 bits per heavy atom. The Morgan fingerprint density at radius 2 is 2.12 bits per heavy atom. The molecule has 0 bridgehead atoms. The summed E-state index contributed by atoms with van der Waals surface area (Å²) in [4.78, 5) is 8.46. The van der Waals surface area contributed by atoms with Gasteiger partial charge in [0.25, 0.3) is 0 Å². The summed E-state index contributed by atoms with van der Waals surface area (Å²) < 4.78 is 7.26. The van der Waals surface area contributed by atoms with Crippen LogP contribution in [0.25, 0.3) is 11.4 Å². The lowest BCUT2D eigenvalue weighted by Gasteiger charge is -2.08. The second kappa shape index (κ2) is 7.67. The summed E-state index contributed by atoms with van der Waals surface area (Å²) in [5.74, 6) is 2.11. The first-order valence-corrected chi connectivity index (χ1v) is 8.67. The van der Waals surface area contributed by atoms with Gasteiger partial charge in [-0.1, -0.05) is 29.8 Å². The minimum absolute atomic E-state index is 0.401. The van der Waals surface area contributed by atoms with E-state index in [0.29, 0.717) is 27.7 Å². The second-order valence-corrected chi connectivity index (χ2v) is 6.49. The van der Waals surface area contributed by atoms with E-state index in [-0.39, 0.29) is 0 Å². The zero-order valence-electron chi connectivity index (χ0n) is 13.8. The normalized spacial score (nSPS) is 10.7. The van der Waals surface area contributed by atoms with Crippen molar-refractivity contribution in [2.24, 2.45) is 0 Å². The highest BCUT2D eigenvalue weighted by Crippen LogP contribution is 2.30. The summed E-state index contributed by atoms with van der Waals surface area (Å²) in [5, 5.41) is 10.5. The van der Waals surface area contributed by atoms with E-state index >= 15 is 0 Å². The van der Waals surface area contributed by atoms with Gasteiger partial charge >= 0.3 is 0 Å². The smallest absolute Gasteiger partial charge is 0.198 e. The molecule has 3 rings (SSSR count). The van der Waals surface area contributed by atoms with Crippen molar-refractivity contribution >= 4 is 23.4 Å². The Kier molecular flexibility index (Phi) is 5.35. The number of rotatable bonds is 6. The minimum Gasteiger partial charge on any atom is -0.497 e. The van der Waals surface area contributed by atoms with Gasteiger partial charge in [0.05, 0.1) is 7.11 Å². The number of hydrogen-bond donors (Lipinski definition) is 0. The van der Waals surface area contributed by atoms with Crippen molar-refractivity contribution in [3.8, 4) is 17.1 Å². The summed E-state index contributed by atoms with van der Waals surface area (Å²) >= 11 is 7.40. The Balaban J connectivity index is 2.00. The van der Waals surface area contributed by atoms with Gasteiger partial charge in [-0.2, -0.15) is 0 Å². The van der Waals surface area contributed by atoms with Crippen LogP contribution in [0, 0.1) is 6.92 Å². The van der Waals surface area contributed by atoms with Gasteiger partial charge in [-0.05, 0) is 30.8 Å². The van der Waals surface area contributed by atoms with Crippen molar-refractivity contribution in [3.63, 3.8) is 0 Å². The molecule has 6 nitrogen and oxygen atoms in total. The Labute approximate surface area is 154 Å². The number of hydrogen-bond acceptors (Lipinski definition) is 6. The monoisotopic (exact) mass is 373 g/mol. The topological polar surface area (TPSA) is 65.7 Å². The maximum atomic E-state index is 6.01. The van der Waals surface area contributed by atoms with Crippen LogP contribution in [0.15, 0.2) is 53.2 Å². The molecule has 8 heteroatoms. The van der Waals surface area contributed by atoms with E-state index in [1.807, 2.05) is 28.8 Å². The average Bonchev–Trinajstić information content (AvgIpc) is 2.97. The number of nitrogens with zero attached hydrogens (tertiary/aromatic N) is 5. The first kappa shape index (κ1) is 17.4. The molecule has 25 heavy (non-hydrogen) atoms. The van der Waals surface area contributed by atoms with Crippen LogP contribution in [0.4, 0.5) is 0 Å². The molecule has 1 aromatic carbocycles. The maximum Gasteiger partial charge on any atom is 0.198 e. The van der Waals surface area contributed by atoms with Gasteiger partial charge < -0.3 is 4.74 Å². The molecule has 0 saturated heterocycles. The summed E-state index contributed by atoms with van der Waals surface area (Å²) in [6.07, 6.45) is 1.80. The Morgan fingerprint density at radius 3 is 2.84 bits per heavy atom. The highest BCUT2D eigenvalue weighted by molar-refractivity contribution is 7.99. The van der Waals surface area contributed by atoms with E-state index in [1.54, 1.807) is 26.2 Å². The van der Waals surface area contributed by atoms with Crippen molar-refractivity contribution < 1.29 is 4.74 Å². The third kappa shape index (κ3) is 4.00. The molecule has 3 aromatic rings. The minimum atomic E-state index is 0.401. The van der Waals surface area contributed by atoms with Gasteiger partial charge in [0.15, 0.2) is 11.0 Å². The molecule has 0 saturated carbocycles. The zero-order valence-corrected chi connectivity index (χ0v) is 15.4. The number of methoxy groups -OCH3 is 1. The van der Waals surface area contributed by atoms with E-state index in [1.165, 1.54) is 11.8 Å². The van der Waals surface area contributed by atoms with Crippen molar-refractivity contribution in [3.05, 3.63) is 54.0 Å². The van der Waals surface area contributed by atoms with Gasteiger partial charge in [0, 0.05) is 18.2 Å². The number of aromatic nitrogens is 5. The van der Waals surface area contributed by atoms with Crippen molar-refractivity contribution in [2.75, 3.05) is 7.11 Å². The van der Waals surface area contributed by atoms with Crippen molar-refractivity contribution in [2.45, 2.75) is 23.7 Å². The highest BCUT2D eigenvalue weighted by Gasteiger charge is 2.16. The van der Waals surface area contributed by atoms with E-state index < -0.39 is 0 Å². The summed E-state index contributed by atoms with van der Waals surface area (Å²) in [6, 6.07) is 9.40. The standard InChI is InChI=1S/C17H16ClN5OS/c1-4-8-23-16(12-6-5-7-13(9-12)24-3)21-22-17(23)25-15-10-14(18)19-11(2)20-15/h4-7,9-10H,1,8H2,2-3H3. The van der Waals surface area contributed by atoms with Crippen LogP contribution in [-0.2, 0) is 6.54 Å². The molecule has 128 valence electrons. The summed E-state index contributed by atoms with van der Waals surface area (Å²) in [5.41, 5.74) is 0.914. The van der Waals surface area contributed by atoms with E-state index in [9.17, 15) is 0 Å². The summed E-state index contributed by atoms with van der Waals surface area (Å²) in [7, 11) is 1.63. The molecule has 2 aromatic heterocycles. The SMILES string of the molecule is C=CCn1c(Sc2cc(Cl)nc(C)n2)nnc1-c1cccc(OC)c1. The van der Waals surface area contributed by atoms with Gasteiger partial charge in [-0.15, -0.1) is 16.8 Å². The fourth-order valence-electron chi connectivity index (χ4n) is 2.28.